The topological polar surface area (TPSA) is 32.7 Å². The number of halogens is 1. The maximum Gasteiger partial charge on any atom is 0.243 e. The number of carbonyl (C=O) groups is 1. The third kappa shape index (κ3) is 3.06. The molecule has 18 heavy (non-hydrogen) atoms. The summed E-state index contributed by atoms with van der Waals surface area (Å²) < 4.78 is 0. The van der Waals surface area contributed by atoms with Crippen LogP contribution < -0.4 is 0 Å². The summed E-state index contributed by atoms with van der Waals surface area (Å²) in [7, 11) is 0. The average Bonchev–Trinajstić information content (AvgIpc) is 2.85. The Kier molecular flexibility index (Phi) is 4.66. The van der Waals surface area contributed by atoms with E-state index >= 15 is 0 Å². The summed E-state index contributed by atoms with van der Waals surface area (Å²) in [6.45, 7) is 3.43. The Morgan fingerprint density at radius 2 is 2.28 bits per heavy atom. The molecular weight excluding hydrogens is 268 g/mol. The van der Waals surface area contributed by atoms with Gasteiger partial charge in [-0.3, -0.25) is 14.7 Å². The molecule has 0 N–H and O–H groups in total. The minimum Gasteiger partial charge on any atom is -0.289 e. The highest BCUT2D eigenvalue weighted by molar-refractivity contribution is 8.13. The lowest BCUT2D eigenvalue weighted by atomic mass is 10.1. The van der Waals surface area contributed by atoms with E-state index in [0.717, 1.165) is 10.9 Å². The van der Waals surface area contributed by atoms with Gasteiger partial charge < -0.3 is 0 Å². The molecule has 1 aromatic carbocycles. The van der Waals surface area contributed by atoms with Gasteiger partial charge in [0.2, 0.25) is 5.91 Å². The maximum absolute atomic E-state index is 11.6. The van der Waals surface area contributed by atoms with Gasteiger partial charge in [-0.1, -0.05) is 36.0 Å². The molecule has 0 aliphatic carbocycles. The smallest absolute Gasteiger partial charge is 0.243 e. The van der Waals surface area contributed by atoms with Crippen LogP contribution in [0.4, 0.5) is 0 Å². The van der Waals surface area contributed by atoms with Gasteiger partial charge in [-0.2, -0.15) is 0 Å². The normalized spacial score (nSPS) is 14.8. The molecule has 0 fully saturated rings. The molecule has 0 radical (unpaired) electrons. The summed E-state index contributed by atoms with van der Waals surface area (Å²) >= 11 is 7.18. The predicted octanol–water partition coefficient (Wildman–Crippen LogP) is 2.67. The maximum atomic E-state index is 11.6. The fourth-order valence-corrected chi connectivity index (χ4v) is 3.05. The van der Waals surface area contributed by atoms with Crippen LogP contribution >= 0.6 is 23.4 Å². The summed E-state index contributed by atoms with van der Waals surface area (Å²) in [5.41, 5.74) is 2.54. The Morgan fingerprint density at radius 3 is 3.00 bits per heavy atom. The van der Waals surface area contributed by atoms with Crippen molar-refractivity contribution in [2.45, 2.75) is 12.7 Å². The van der Waals surface area contributed by atoms with E-state index in [0.29, 0.717) is 13.1 Å². The molecule has 1 aliphatic heterocycles. The molecular formula is C13H15ClN2OS. The van der Waals surface area contributed by atoms with Crippen LogP contribution in [-0.2, 0) is 10.5 Å². The van der Waals surface area contributed by atoms with Crippen molar-refractivity contribution in [3.63, 3.8) is 0 Å². The highest BCUT2D eigenvalue weighted by Gasteiger charge is 2.23. The zero-order chi connectivity index (χ0) is 13.0. The number of hydrogen-bond donors (Lipinski definition) is 0. The van der Waals surface area contributed by atoms with Crippen molar-refractivity contribution in [3.8, 4) is 0 Å². The lowest BCUT2D eigenvalue weighted by Crippen LogP contribution is -2.33. The summed E-state index contributed by atoms with van der Waals surface area (Å²) in [6, 6.07) is 8.25. The number of benzene rings is 1. The van der Waals surface area contributed by atoms with Crippen LogP contribution in [0.2, 0.25) is 0 Å². The number of amidine groups is 1. The molecule has 1 amide bonds. The van der Waals surface area contributed by atoms with Crippen molar-refractivity contribution in [2.75, 3.05) is 19.0 Å². The van der Waals surface area contributed by atoms with Gasteiger partial charge in [0.1, 0.15) is 5.88 Å². The largest absolute Gasteiger partial charge is 0.289 e. The molecule has 1 aromatic rings. The van der Waals surface area contributed by atoms with Crippen LogP contribution in [-0.4, -0.2) is 34.9 Å². The van der Waals surface area contributed by atoms with E-state index in [2.05, 4.69) is 24.0 Å². The molecule has 0 atom stereocenters. The van der Waals surface area contributed by atoms with Crippen molar-refractivity contribution in [1.29, 1.82) is 0 Å². The minimum absolute atomic E-state index is 0.0178. The second kappa shape index (κ2) is 6.25. The molecule has 1 aliphatic rings. The standard InChI is InChI=1S/C13H15ClN2OS/c1-10-4-2-3-5-11(10)9-18-13-15-6-7-16(13)12(17)8-14/h2-5H,6-9H2,1H3. The Balaban J connectivity index is 1.98. The van der Waals surface area contributed by atoms with Gasteiger partial charge in [-0.05, 0) is 18.1 Å². The molecule has 96 valence electrons. The van der Waals surface area contributed by atoms with Gasteiger partial charge >= 0.3 is 0 Å². The summed E-state index contributed by atoms with van der Waals surface area (Å²) in [6.07, 6.45) is 0. The van der Waals surface area contributed by atoms with Crippen LogP contribution in [0.5, 0.6) is 0 Å². The van der Waals surface area contributed by atoms with E-state index in [-0.39, 0.29) is 11.8 Å². The highest BCUT2D eigenvalue weighted by Crippen LogP contribution is 2.21. The van der Waals surface area contributed by atoms with E-state index < -0.39 is 0 Å². The molecule has 0 saturated heterocycles. The minimum atomic E-state index is -0.0646. The Bertz CT molecular complexity index is 476. The number of alkyl halides is 1. The van der Waals surface area contributed by atoms with Crippen molar-refractivity contribution in [2.24, 2.45) is 4.99 Å². The Morgan fingerprint density at radius 1 is 1.50 bits per heavy atom. The first-order chi connectivity index (χ1) is 8.72. The zero-order valence-electron chi connectivity index (χ0n) is 10.2. The van der Waals surface area contributed by atoms with Gasteiger partial charge in [-0.25, -0.2) is 0 Å². The number of carbonyl (C=O) groups excluding carboxylic acids is 1. The molecule has 0 saturated carbocycles. The number of nitrogens with zero attached hydrogens (tertiary/aromatic N) is 2. The Labute approximate surface area is 116 Å². The van der Waals surface area contributed by atoms with Gasteiger partial charge in [0.05, 0.1) is 6.54 Å². The third-order valence-corrected chi connectivity index (χ3v) is 4.13. The molecule has 0 spiro atoms. The van der Waals surface area contributed by atoms with E-state index in [1.807, 2.05) is 12.1 Å². The predicted molar refractivity (Wildman–Crippen MR) is 77.2 cm³/mol. The van der Waals surface area contributed by atoms with Crippen LogP contribution in [0, 0.1) is 6.92 Å². The first-order valence-electron chi connectivity index (χ1n) is 5.80. The van der Waals surface area contributed by atoms with Gasteiger partial charge in [-0.15, -0.1) is 11.6 Å². The fraction of sp³-hybridized carbons (Fsp3) is 0.385. The molecule has 5 heteroatoms. The lowest BCUT2D eigenvalue weighted by Gasteiger charge is -2.16. The van der Waals surface area contributed by atoms with Gasteiger partial charge in [0, 0.05) is 12.3 Å². The molecule has 0 unspecified atom stereocenters. The number of amides is 1. The number of hydrogen-bond acceptors (Lipinski definition) is 3. The molecule has 2 rings (SSSR count). The average molecular weight is 283 g/mol. The van der Waals surface area contributed by atoms with Crippen molar-refractivity contribution in [1.82, 2.24) is 4.90 Å². The second-order valence-corrected chi connectivity index (χ2v) is 5.27. The van der Waals surface area contributed by atoms with E-state index in [1.54, 1.807) is 16.7 Å². The molecule has 3 nitrogen and oxygen atoms in total. The van der Waals surface area contributed by atoms with Crippen molar-refractivity contribution in [3.05, 3.63) is 35.4 Å². The van der Waals surface area contributed by atoms with Crippen molar-refractivity contribution >= 4 is 34.4 Å². The first kappa shape index (κ1) is 13.4. The number of aliphatic imine (C=N–C) groups is 1. The first-order valence-corrected chi connectivity index (χ1v) is 7.32. The monoisotopic (exact) mass is 282 g/mol. The number of aryl methyl sites for hydroxylation is 1. The number of rotatable bonds is 3. The van der Waals surface area contributed by atoms with E-state index in [9.17, 15) is 4.79 Å². The summed E-state index contributed by atoms with van der Waals surface area (Å²) in [5.74, 6) is 0.784. The quantitative estimate of drug-likeness (QED) is 0.799. The van der Waals surface area contributed by atoms with Crippen LogP contribution in [0.3, 0.4) is 0 Å². The van der Waals surface area contributed by atoms with Crippen LogP contribution in [0.1, 0.15) is 11.1 Å². The highest BCUT2D eigenvalue weighted by atomic mass is 35.5. The zero-order valence-corrected chi connectivity index (χ0v) is 11.8. The van der Waals surface area contributed by atoms with E-state index in [4.69, 9.17) is 11.6 Å². The molecule has 0 aromatic heterocycles. The molecule has 0 bridgehead atoms. The van der Waals surface area contributed by atoms with Crippen LogP contribution in [0.25, 0.3) is 0 Å². The fourth-order valence-electron chi connectivity index (χ4n) is 1.77. The lowest BCUT2D eigenvalue weighted by molar-refractivity contribution is -0.124. The Hall–Kier alpha value is -1.000. The van der Waals surface area contributed by atoms with Crippen LogP contribution in [0.15, 0.2) is 29.3 Å². The molecule has 1 heterocycles. The third-order valence-electron chi connectivity index (χ3n) is 2.83. The van der Waals surface area contributed by atoms with Gasteiger partial charge in [0.15, 0.2) is 5.17 Å². The summed E-state index contributed by atoms with van der Waals surface area (Å²) in [5, 5.41) is 0.795. The van der Waals surface area contributed by atoms with Crippen molar-refractivity contribution < 1.29 is 4.79 Å². The number of thioether (sulfide) groups is 1. The van der Waals surface area contributed by atoms with E-state index in [1.165, 1.54) is 11.1 Å². The van der Waals surface area contributed by atoms with Gasteiger partial charge in [0.25, 0.3) is 0 Å². The second-order valence-electron chi connectivity index (χ2n) is 4.06. The SMILES string of the molecule is Cc1ccccc1CSC1=NCCN1C(=O)CCl. The summed E-state index contributed by atoms with van der Waals surface area (Å²) in [4.78, 5) is 17.6.